The van der Waals surface area contributed by atoms with E-state index in [2.05, 4.69) is 5.16 Å². The number of aryl methyl sites for hydroxylation is 1. The Morgan fingerprint density at radius 1 is 1.09 bits per heavy atom. The Bertz CT molecular complexity index is 907. The summed E-state index contributed by atoms with van der Waals surface area (Å²) in [4.78, 5) is 27.5. The zero-order valence-electron chi connectivity index (χ0n) is 19.8. The minimum absolute atomic E-state index is 0.0550. The van der Waals surface area contributed by atoms with Crippen molar-refractivity contribution in [3.8, 4) is 0 Å². The van der Waals surface area contributed by atoms with Gasteiger partial charge in [-0.15, -0.1) is 0 Å². The van der Waals surface area contributed by atoms with E-state index in [1.165, 1.54) is 0 Å². The Morgan fingerprint density at radius 2 is 1.72 bits per heavy atom. The van der Waals surface area contributed by atoms with Gasteiger partial charge >= 0.3 is 12.1 Å². The van der Waals surface area contributed by atoms with Gasteiger partial charge in [0.15, 0.2) is 5.84 Å². The number of carbonyl (C=O) groups is 2. The quantitative estimate of drug-likeness (QED) is 0.237. The van der Waals surface area contributed by atoms with E-state index < -0.39 is 11.2 Å². The smallest absolute Gasteiger partial charge is 0.411 e. The van der Waals surface area contributed by atoms with Crippen molar-refractivity contribution >= 4 is 17.9 Å². The molecule has 2 aliphatic rings. The zero-order valence-corrected chi connectivity index (χ0v) is 19.8. The molecular formula is C24H35N3O5. The lowest BCUT2D eigenvalue weighted by molar-refractivity contribution is -0.165. The van der Waals surface area contributed by atoms with Gasteiger partial charge in [0.25, 0.3) is 0 Å². The van der Waals surface area contributed by atoms with Crippen LogP contribution in [0.5, 0.6) is 0 Å². The number of oxime groups is 1. The van der Waals surface area contributed by atoms with Crippen LogP contribution in [0.2, 0.25) is 0 Å². The monoisotopic (exact) mass is 445 g/mol. The minimum Gasteiger partial charge on any atom is -0.460 e. The van der Waals surface area contributed by atoms with Crippen molar-refractivity contribution in [2.75, 3.05) is 0 Å². The van der Waals surface area contributed by atoms with Gasteiger partial charge < -0.3 is 20.4 Å². The first-order chi connectivity index (χ1) is 14.8. The summed E-state index contributed by atoms with van der Waals surface area (Å²) in [7, 11) is 0. The van der Waals surface area contributed by atoms with E-state index in [9.17, 15) is 9.59 Å². The Labute approximate surface area is 189 Å². The van der Waals surface area contributed by atoms with Crippen LogP contribution in [0.3, 0.4) is 0 Å². The van der Waals surface area contributed by atoms with Gasteiger partial charge in [0, 0.05) is 11.6 Å². The molecule has 0 radical (unpaired) electrons. The Kier molecular flexibility index (Phi) is 6.45. The molecule has 1 saturated carbocycles. The second-order valence-corrected chi connectivity index (χ2v) is 10.7. The maximum absolute atomic E-state index is 13.2. The van der Waals surface area contributed by atoms with Crippen molar-refractivity contribution in [2.24, 2.45) is 16.8 Å². The fourth-order valence-electron chi connectivity index (χ4n) is 4.34. The summed E-state index contributed by atoms with van der Waals surface area (Å²) in [6.07, 6.45) is 2.27. The minimum atomic E-state index is -0.624. The third-order valence-electron chi connectivity index (χ3n) is 5.78. The maximum Gasteiger partial charge on any atom is 0.411 e. The Hall–Kier alpha value is -2.77. The lowest BCUT2D eigenvalue weighted by Crippen LogP contribution is -2.52. The number of carbonyl (C=O) groups excluding carboxylic acids is 2. The van der Waals surface area contributed by atoms with Gasteiger partial charge in [0.1, 0.15) is 11.2 Å². The Morgan fingerprint density at radius 3 is 2.28 bits per heavy atom. The topological polar surface area (TPSA) is 114 Å². The van der Waals surface area contributed by atoms with Gasteiger partial charge in [-0.05, 0) is 84.4 Å². The number of fused-ring (bicyclic) bond motifs is 1. The molecule has 0 saturated heterocycles. The first kappa shape index (κ1) is 23.9. The summed E-state index contributed by atoms with van der Waals surface area (Å²) >= 11 is 0. The van der Waals surface area contributed by atoms with E-state index in [4.69, 9.17) is 20.4 Å². The van der Waals surface area contributed by atoms with Crippen LogP contribution in [0.25, 0.3) is 0 Å². The summed E-state index contributed by atoms with van der Waals surface area (Å²) in [5.41, 5.74) is 7.32. The summed E-state index contributed by atoms with van der Waals surface area (Å²) in [6, 6.07) is 5.39. The number of hydrogen-bond donors (Lipinski definition) is 2. The number of amides is 1. The van der Waals surface area contributed by atoms with Crippen LogP contribution >= 0.6 is 0 Å². The van der Waals surface area contributed by atoms with Crippen LogP contribution in [0.1, 0.15) is 83.5 Å². The predicted octanol–water partition coefficient (Wildman–Crippen LogP) is 4.13. The van der Waals surface area contributed by atoms with E-state index in [0.29, 0.717) is 18.4 Å². The number of rotatable bonds is 4. The van der Waals surface area contributed by atoms with Crippen molar-refractivity contribution in [3.63, 3.8) is 0 Å². The first-order valence-corrected chi connectivity index (χ1v) is 11.1. The highest BCUT2D eigenvalue weighted by molar-refractivity contribution is 5.97. The average molecular weight is 446 g/mol. The fraction of sp³-hybridized carbons (Fsp3) is 0.625. The van der Waals surface area contributed by atoms with Crippen LogP contribution < -0.4 is 5.73 Å². The standard InChI is InChI=1S/C24H35N3O5/c1-23(2,3)31-21(28)16-12-17(13-16)27(22(29)32-24(4,5)6)19-10-8-14-11-15(20(25)26-30)7-9-18(14)19/h7,9,11,16-17,19,30H,8,10,12-13H2,1-6H3,(H2,25,26). The summed E-state index contributed by atoms with van der Waals surface area (Å²) in [5.74, 6) is -0.375. The number of hydrogen-bond acceptors (Lipinski definition) is 6. The van der Waals surface area contributed by atoms with Crippen LogP contribution in [0, 0.1) is 5.92 Å². The molecule has 1 amide bonds. The average Bonchev–Trinajstić information content (AvgIpc) is 3.03. The number of nitrogens with two attached hydrogens (primary N) is 1. The highest BCUT2D eigenvalue weighted by Crippen LogP contribution is 2.44. The van der Waals surface area contributed by atoms with Gasteiger partial charge in [0.05, 0.1) is 12.0 Å². The summed E-state index contributed by atoms with van der Waals surface area (Å²) in [5, 5.41) is 12.0. The second kappa shape index (κ2) is 8.64. The van der Waals surface area contributed by atoms with Crippen molar-refractivity contribution in [1.82, 2.24) is 4.90 Å². The van der Waals surface area contributed by atoms with E-state index in [1.54, 1.807) is 11.0 Å². The van der Waals surface area contributed by atoms with Crippen LogP contribution in [0.4, 0.5) is 4.79 Å². The largest absolute Gasteiger partial charge is 0.460 e. The molecule has 3 rings (SSSR count). The lowest BCUT2D eigenvalue weighted by Gasteiger charge is -2.45. The van der Waals surface area contributed by atoms with Crippen molar-refractivity contribution in [3.05, 3.63) is 34.9 Å². The number of amidine groups is 1. The van der Waals surface area contributed by atoms with Crippen molar-refractivity contribution in [2.45, 2.75) is 90.5 Å². The number of esters is 1. The lowest BCUT2D eigenvalue weighted by atomic mass is 9.78. The molecule has 1 aromatic rings. The molecule has 1 unspecified atom stereocenters. The van der Waals surface area contributed by atoms with E-state index in [0.717, 1.165) is 24.0 Å². The van der Waals surface area contributed by atoms with E-state index in [-0.39, 0.29) is 35.9 Å². The molecule has 0 heterocycles. The zero-order chi connectivity index (χ0) is 23.8. The SMILES string of the molecule is CC(C)(C)OC(=O)C1CC(N(C(=O)OC(C)(C)C)C2CCc3cc(C(N)=NO)ccc32)C1. The fourth-order valence-corrected chi connectivity index (χ4v) is 4.34. The van der Waals surface area contributed by atoms with Crippen molar-refractivity contribution < 1.29 is 24.3 Å². The molecule has 176 valence electrons. The molecule has 8 nitrogen and oxygen atoms in total. The van der Waals surface area contributed by atoms with Crippen molar-refractivity contribution in [1.29, 1.82) is 0 Å². The molecule has 0 bridgehead atoms. The third kappa shape index (κ3) is 5.34. The van der Waals surface area contributed by atoms with Crippen LogP contribution in [-0.2, 0) is 20.7 Å². The second-order valence-electron chi connectivity index (χ2n) is 10.7. The maximum atomic E-state index is 13.2. The van der Waals surface area contributed by atoms with Gasteiger partial charge in [-0.2, -0.15) is 0 Å². The van der Waals surface area contributed by atoms with Crippen LogP contribution in [0.15, 0.2) is 23.4 Å². The number of benzene rings is 1. The van der Waals surface area contributed by atoms with E-state index >= 15 is 0 Å². The molecule has 1 fully saturated rings. The first-order valence-electron chi connectivity index (χ1n) is 11.1. The summed E-state index contributed by atoms with van der Waals surface area (Å²) < 4.78 is 11.3. The number of ether oxygens (including phenoxy) is 2. The normalized spacial score (nSPS) is 23.2. The molecule has 3 N–H and O–H groups in total. The Balaban J connectivity index is 1.82. The van der Waals surface area contributed by atoms with Gasteiger partial charge in [-0.25, -0.2) is 4.79 Å². The molecule has 0 aliphatic heterocycles. The van der Waals surface area contributed by atoms with Gasteiger partial charge in [-0.3, -0.25) is 9.69 Å². The predicted molar refractivity (Wildman–Crippen MR) is 120 cm³/mol. The van der Waals surface area contributed by atoms with E-state index in [1.807, 2.05) is 53.7 Å². The molecule has 2 aliphatic carbocycles. The summed E-state index contributed by atoms with van der Waals surface area (Å²) in [6.45, 7) is 11.1. The van der Waals surface area contributed by atoms with Gasteiger partial charge in [0.2, 0.25) is 0 Å². The highest BCUT2D eigenvalue weighted by Gasteiger charge is 2.46. The molecular weight excluding hydrogens is 410 g/mol. The molecule has 0 spiro atoms. The van der Waals surface area contributed by atoms with Gasteiger partial charge in [-0.1, -0.05) is 17.3 Å². The molecule has 1 atom stereocenters. The molecule has 1 aromatic carbocycles. The molecule has 32 heavy (non-hydrogen) atoms. The molecule has 8 heteroatoms. The third-order valence-corrected chi connectivity index (χ3v) is 5.78. The number of nitrogens with zero attached hydrogens (tertiary/aromatic N) is 2. The van der Waals surface area contributed by atoms with Crippen LogP contribution in [-0.4, -0.2) is 45.2 Å². The molecule has 0 aromatic heterocycles. The highest BCUT2D eigenvalue weighted by atomic mass is 16.6.